The second-order valence-electron chi connectivity index (χ2n) is 9.20. The van der Waals surface area contributed by atoms with E-state index in [1.807, 2.05) is 37.4 Å². The van der Waals surface area contributed by atoms with Crippen LogP contribution < -0.4 is 15.6 Å². The van der Waals surface area contributed by atoms with Gasteiger partial charge in [-0.2, -0.15) is 0 Å². The quantitative estimate of drug-likeness (QED) is 0.315. The molecule has 3 aromatic heterocycles. The van der Waals surface area contributed by atoms with Crippen LogP contribution >= 0.6 is 11.6 Å². The molecule has 4 rings (SSSR count). The van der Waals surface area contributed by atoms with Crippen LogP contribution in [-0.2, 0) is 13.0 Å². The number of H-pyrrole nitrogens is 1. The third kappa shape index (κ3) is 5.02. The van der Waals surface area contributed by atoms with Crippen LogP contribution in [0.25, 0.3) is 22.0 Å². The molecule has 0 aliphatic heterocycles. The number of pyridine rings is 2. The van der Waals surface area contributed by atoms with E-state index < -0.39 is 0 Å². The molecule has 8 heteroatoms. The molecule has 3 heterocycles. The molecule has 0 aliphatic carbocycles. The molecule has 0 aliphatic rings. The lowest BCUT2D eigenvalue weighted by Crippen LogP contribution is -2.28. The summed E-state index contributed by atoms with van der Waals surface area (Å²) in [6.45, 7) is 8.19. The molecule has 1 aromatic carbocycles. The maximum absolute atomic E-state index is 13.6. The van der Waals surface area contributed by atoms with Gasteiger partial charge in [0, 0.05) is 53.3 Å². The Labute approximate surface area is 215 Å². The highest BCUT2D eigenvalue weighted by Gasteiger charge is 2.20. The average Bonchev–Trinajstić information content (AvgIpc) is 3.19. The van der Waals surface area contributed by atoms with Crippen LogP contribution in [0.3, 0.4) is 0 Å². The first-order chi connectivity index (χ1) is 17.2. The Kier molecular flexibility index (Phi) is 7.50. The van der Waals surface area contributed by atoms with E-state index in [0.717, 1.165) is 40.7 Å². The first kappa shape index (κ1) is 25.5. The Hall–Kier alpha value is -3.58. The molecule has 0 saturated carbocycles. The lowest BCUT2D eigenvalue weighted by atomic mass is 10.00. The Morgan fingerprint density at radius 3 is 2.64 bits per heavy atom. The molecule has 0 unspecified atom stereocenters. The van der Waals surface area contributed by atoms with Crippen LogP contribution in [0.1, 0.15) is 60.4 Å². The molecule has 0 atom stereocenters. The number of carbonyl (C=O) groups is 1. The normalized spacial score (nSPS) is 11.3. The van der Waals surface area contributed by atoms with E-state index in [0.29, 0.717) is 27.4 Å². The first-order valence-electron chi connectivity index (χ1n) is 12.1. The minimum absolute atomic E-state index is 0.127. The molecule has 36 heavy (non-hydrogen) atoms. The number of aromatic amines is 1. The highest BCUT2D eigenvalue weighted by atomic mass is 35.5. The average molecular weight is 507 g/mol. The van der Waals surface area contributed by atoms with E-state index in [1.54, 1.807) is 19.4 Å². The summed E-state index contributed by atoms with van der Waals surface area (Å²) in [6.07, 6.45) is 5.24. The molecule has 0 spiro atoms. The van der Waals surface area contributed by atoms with E-state index in [1.165, 1.54) is 0 Å². The number of carbonyl (C=O) groups excluding carboxylic acids is 1. The van der Waals surface area contributed by atoms with E-state index in [9.17, 15) is 9.59 Å². The number of fused-ring (bicyclic) bond motifs is 1. The smallest absolute Gasteiger partial charge is 0.253 e. The summed E-state index contributed by atoms with van der Waals surface area (Å²) in [5.74, 6) is 0.215. The van der Waals surface area contributed by atoms with Crippen molar-refractivity contribution in [3.63, 3.8) is 0 Å². The highest BCUT2D eigenvalue weighted by Crippen LogP contribution is 2.35. The minimum Gasteiger partial charge on any atom is -0.481 e. The Morgan fingerprint density at radius 1 is 1.22 bits per heavy atom. The van der Waals surface area contributed by atoms with Gasteiger partial charge in [-0.3, -0.25) is 9.59 Å². The van der Waals surface area contributed by atoms with Gasteiger partial charge in [-0.25, -0.2) is 4.98 Å². The Bertz CT molecular complexity index is 1470. The van der Waals surface area contributed by atoms with Crippen LogP contribution in [-0.4, -0.2) is 27.6 Å². The molecule has 188 valence electrons. The van der Waals surface area contributed by atoms with Gasteiger partial charge >= 0.3 is 0 Å². The monoisotopic (exact) mass is 506 g/mol. The number of hydrogen-bond acceptors (Lipinski definition) is 4. The molecule has 0 fully saturated rings. The van der Waals surface area contributed by atoms with Gasteiger partial charge in [0.2, 0.25) is 5.88 Å². The minimum atomic E-state index is -0.297. The maximum atomic E-state index is 13.6. The third-order valence-corrected chi connectivity index (χ3v) is 6.56. The molecule has 0 bridgehead atoms. The number of halogens is 1. The number of benzene rings is 1. The van der Waals surface area contributed by atoms with Gasteiger partial charge in [0.25, 0.3) is 11.5 Å². The van der Waals surface area contributed by atoms with Crippen molar-refractivity contribution in [3.8, 4) is 17.0 Å². The molecule has 0 radical (unpaired) electrons. The van der Waals surface area contributed by atoms with Crippen molar-refractivity contribution < 1.29 is 9.53 Å². The van der Waals surface area contributed by atoms with Crippen molar-refractivity contribution in [2.75, 3.05) is 7.11 Å². The second kappa shape index (κ2) is 10.6. The Morgan fingerprint density at radius 2 is 2.00 bits per heavy atom. The summed E-state index contributed by atoms with van der Waals surface area (Å²) < 4.78 is 7.24. The fourth-order valence-corrected chi connectivity index (χ4v) is 4.82. The second-order valence-corrected chi connectivity index (χ2v) is 9.61. The van der Waals surface area contributed by atoms with E-state index in [2.05, 4.69) is 40.6 Å². The lowest BCUT2D eigenvalue weighted by molar-refractivity contribution is 0.0952. The van der Waals surface area contributed by atoms with Crippen molar-refractivity contribution in [2.45, 2.75) is 53.1 Å². The highest BCUT2D eigenvalue weighted by molar-refractivity contribution is 6.37. The van der Waals surface area contributed by atoms with Crippen molar-refractivity contribution >= 4 is 28.4 Å². The molecule has 1 amide bonds. The van der Waals surface area contributed by atoms with Crippen LogP contribution in [0.5, 0.6) is 5.88 Å². The van der Waals surface area contributed by atoms with Crippen molar-refractivity contribution in [3.05, 3.63) is 80.5 Å². The van der Waals surface area contributed by atoms with Crippen LogP contribution in [0.2, 0.25) is 5.02 Å². The summed E-state index contributed by atoms with van der Waals surface area (Å²) in [6, 6.07) is 9.65. The predicted molar refractivity (Wildman–Crippen MR) is 144 cm³/mol. The topological polar surface area (TPSA) is 89.0 Å². The summed E-state index contributed by atoms with van der Waals surface area (Å²) in [5, 5.41) is 4.15. The summed E-state index contributed by atoms with van der Waals surface area (Å²) >= 11 is 6.65. The van der Waals surface area contributed by atoms with Gasteiger partial charge in [0.15, 0.2) is 0 Å². The number of aryl methyl sites for hydroxylation is 2. The number of aromatic nitrogens is 3. The summed E-state index contributed by atoms with van der Waals surface area (Å²) in [5.41, 5.74) is 5.14. The lowest BCUT2D eigenvalue weighted by Gasteiger charge is -2.14. The predicted octanol–water partition coefficient (Wildman–Crippen LogP) is 5.83. The molecular weight excluding hydrogens is 476 g/mol. The zero-order valence-corrected chi connectivity index (χ0v) is 22.0. The molecule has 0 saturated heterocycles. The third-order valence-electron chi connectivity index (χ3n) is 6.27. The van der Waals surface area contributed by atoms with Crippen molar-refractivity contribution in [1.82, 2.24) is 19.9 Å². The molecule has 7 nitrogen and oxygen atoms in total. The molecular formula is C28H31ClN4O3. The van der Waals surface area contributed by atoms with Crippen LogP contribution in [0.4, 0.5) is 0 Å². The first-order valence-corrected chi connectivity index (χ1v) is 12.5. The zero-order chi connectivity index (χ0) is 26.0. The number of methoxy groups -OCH3 is 1. The van der Waals surface area contributed by atoms with Crippen molar-refractivity contribution in [1.29, 1.82) is 0 Å². The van der Waals surface area contributed by atoms with Crippen LogP contribution in [0, 0.1) is 6.92 Å². The van der Waals surface area contributed by atoms with Crippen molar-refractivity contribution in [2.24, 2.45) is 0 Å². The maximum Gasteiger partial charge on any atom is 0.253 e. The standard InChI is InChI=1S/C28H31ClN4O3/c1-6-7-18-10-17(4)32-28(35)22(18)14-31-27(34)21-11-20(19-8-9-25(36-5)30-13-19)12-24-26(21)23(29)15-33(24)16(2)3/h8-13,15-16H,6-7,14H2,1-5H3,(H,31,34)(H,32,35). The molecule has 2 N–H and O–H groups in total. The fraction of sp³-hybridized carbons (Fsp3) is 0.321. The fourth-order valence-electron chi connectivity index (χ4n) is 4.52. The van der Waals surface area contributed by atoms with Gasteiger partial charge in [-0.1, -0.05) is 24.9 Å². The number of amides is 1. The Balaban J connectivity index is 1.78. The molecule has 4 aromatic rings. The number of ether oxygens (including phenoxy) is 1. The van der Waals surface area contributed by atoms with E-state index >= 15 is 0 Å². The van der Waals surface area contributed by atoms with Gasteiger partial charge in [-0.15, -0.1) is 0 Å². The number of rotatable bonds is 8. The van der Waals surface area contributed by atoms with Gasteiger partial charge in [0.05, 0.1) is 23.2 Å². The number of nitrogens with zero attached hydrogens (tertiary/aromatic N) is 2. The van der Waals surface area contributed by atoms with Gasteiger partial charge in [-0.05, 0) is 62.6 Å². The van der Waals surface area contributed by atoms with E-state index in [-0.39, 0.29) is 24.1 Å². The summed E-state index contributed by atoms with van der Waals surface area (Å²) in [7, 11) is 1.57. The van der Waals surface area contributed by atoms with Gasteiger partial charge in [0.1, 0.15) is 0 Å². The number of nitrogens with one attached hydrogen (secondary N) is 2. The zero-order valence-electron chi connectivity index (χ0n) is 21.2. The largest absolute Gasteiger partial charge is 0.481 e. The van der Waals surface area contributed by atoms with E-state index in [4.69, 9.17) is 16.3 Å². The summed E-state index contributed by atoms with van der Waals surface area (Å²) in [4.78, 5) is 33.4. The number of hydrogen-bond donors (Lipinski definition) is 2. The van der Waals surface area contributed by atoms with Gasteiger partial charge < -0.3 is 19.6 Å². The SMILES string of the molecule is CCCc1cc(C)[nH]c(=O)c1CNC(=O)c1cc(-c2ccc(OC)nc2)cc2c1c(Cl)cn2C(C)C. The van der Waals surface area contributed by atoms with Crippen LogP contribution in [0.15, 0.2) is 47.5 Å².